The van der Waals surface area contributed by atoms with Gasteiger partial charge in [0, 0.05) is 6.61 Å². The Bertz CT molecular complexity index is 496. The first kappa shape index (κ1) is 15.3. The van der Waals surface area contributed by atoms with Crippen LogP contribution in [-0.2, 0) is 20.9 Å². The zero-order chi connectivity index (χ0) is 15.3. The molecule has 1 aromatic rings. The van der Waals surface area contributed by atoms with Gasteiger partial charge in [-0.1, -0.05) is 30.3 Å². The molecule has 2 rings (SSSR count). The highest BCUT2D eigenvalue weighted by molar-refractivity contribution is 5.72. The SMILES string of the molecule is CCOC1(CC(=O)O)CN(C(=O)OCc2ccccc2)C1. The van der Waals surface area contributed by atoms with Crippen molar-refractivity contribution in [2.75, 3.05) is 19.7 Å². The maximum Gasteiger partial charge on any atom is 0.410 e. The first-order valence-electron chi connectivity index (χ1n) is 6.86. The third-order valence-corrected chi connectivity index (χ3v) is 3.35. The predicted molar refractivity (Wildman–Crippen MR) is 74.8 cm³/mol. The van der Waals surface area contributed by atoms with E-state index in [1.807, 2.05) is 30.3 Å². The normalized spacial score (nSPS) is 16.1. The van der Waals surface area contributed by atoms with Crippen LogP contribution in [0.5, 0.6) is 0 Å². The van der Waals surface area contributed by atoms with Crippen molar-refractivity contribution in [3.8, 4) is 0 Å². The summed E-state index contributed by atoms with van der Waals surface area (Å²) in [5.41, 5.74) is 0.139. The number of hydrogen-bond donors (Lipinski definition) is 1. The number of rotatable bonds is 6. The molecule has 1 aliphatic rings. The summed E-state index contributed by atoms with van der Waals surface area (Å²) in [4.78, 5) is 24.2. The predicted octanol–water partition coefficient (Wildman–Crippen LogP) is 1.89. The Morgan fingerprint density at radius 1 is 1.29 bits per heavy atom. The van der Waals surface area contributed by atoms with Crippen molar-refractivity contribution in [1.82, 2.24) is 4.90 Å². The van der Waals surface area contributed by atoms with E-state index in [0.29, 0.717) is 6.61 Å². The first-order valence-corrected chi connectivity index (χ1v) is 6.86. The van der Waals surface area contributed by atoms with E-state index in [4.69, 9.17) is 14.6 Å². The molecule has 0 radical (unpaired) electrons. The van der Waals surface area contributed by atoms with Gasteiger partial charge in [0.25, 0.3) is 0 Å². The van der Waals surface area contributed by atoms with Crippen LogP contribution >= 0.6 is 0 Å². The summed E-state index contributed by atoms with van der Waals surface area (Å²) in [6.45, 7) is 2.93. The minimum absolute atomic E-state index is 0.108. The second-order valence-electron chi connectivity index (χ2n) is 5.08. The fraction of sp³-hybridized carbons (Fsp3) is 0.467. The van der Waals surface area contributed by atoms with Crippen LogP contribution in [0.2, 0.25) is 0 Å². The topological polar surface area (TPSA) is 76.1 Å². The summed E-state index contributed by atoms with van der Waals surface area (Å²) in [7, 11) is 0. The number of carboxylic acid groups (broad SMARTS) is 1. The number of amides is 1. The van der Waals surface area contributed by atoms with E-state index in [9.17, 15) is 9.59 Å². The van der Waals surface area contributed by atoms with Crippen molar-refractivity contribution < 1.29 is 24.2 Å². The van der Waals surface area contributed by atoms with Gasteiger partial charge in [-0.05, 0) is 12.5 Å². The van der Waals surface area contributed by atoms with Crippen LogP contribution in [0.1, 0.15) is 18.9 Å². The molecule has 6 heteroatoms. The molecule has 6 nitrogen and oxygen atoms in total. The summed E-state index contributed by atoms with van der Waals surface area (Å²) in [5.74, 6) is -0.930. The summed E-state index contributed by atoms with van der Waals surface area (Å²) in [5, 5.41) is 8.90. The van der Waals surface area contributed by atoms with Gasteiger partial charge in [0.15, 0.2) is 0 Å². The number of likely N-dealkylation sites (tertiary alicyclic amines) is 1. The van der Waals surface area contributed by atoms with Crippen LogP contribution in [0.25, 0.3) is 0 Å². The molecule has 1 aromatic carbocycles. The number of hydrogen-bond acceptors (Lipinski definition) is 4. The van der Waals surface area contributed by atoms with Gasteiger partial charge in [-0.15, -0.1) is 0 Å². The van der Waals surface area contributed by atoms with Gasteiger partial charge >= 0.3 is 12.1 Å². The van der Waals surface area contributed by atoms with Gasteiger partial charge in [0.05, 0.1) is 19.5 Å². The fourth-order valence-corrected chi connectivity index (χ4v) is 2.42. The Balaban J connectivity index is 1.82. The summed E-state index contributed by atoms with van der Waals surface area (Å²) in [6.07, 6.45) is -0.553. The highest BCUT2D eigenvalue weighted by Gasteiger charge is 2.48. The number of aliphatic carboxylic acids is 1. The van der Waals surface area contributed by atoms with Crippen molar-refractivity contribution in [2.24, 2.45) is 0 Å². The van der Waals surface area contributed by atoms with Gasteiger partial charge in [0.2, 0.25) is 0 Å². The van der Waals surface area contributed by atoms with Crippen LogP contribution in [0.3, 0.4) is 0 Å². The number of nitrogens with zero attached hydrogens (tertiary/aromatic N) is 1. The van der Waals surface area contributed by atoms with E-state index in [0.717, 1.165) is 5.56 Å². The minimum atomic E-state index is -0.930. The van der Waals surface area contributed by atoms with E-state index in [-0.39, 0.29) is 26.1 Å². The monoisotopic (exact) mass is 293 g/mol. The lowest BCUT2D eigenvalue weighted by Gasteiger charge is -2.47. The molecule has 0 bridgehead atoms. The molecule has 0 aromatic heterocycles. The average molecular weight is 293 g/mol. The number of carbonyl (C=O) groups excluding carboxylic acids is 1. The van der Waals surface area contributed by atoms with Crippen molar-refractivity contribution >= 4 is 12.1 Å². The van der Waals surface area contributed by atoms with Gasteiger partial charge in [0.1, 0.15) is 12.2 Å². The Hall–Kier alpha value is -2.08. The Kier molecular flexibility index (Phi) is 4.80. The molecule has 1 amide bonds. The van der Waals surface area contributed by atoms with Gasteiger partial charge in [-0.25, -0.2) is 4.79 Å². The highest BCUT2D eigenvalue weighted by atomic mass is 16.6. The number of ether oxygens (including phenoxy) is 2. The molecule has 0 saturated carbocycles. The number of carboxylic acids is 1. The quantitative estimate of drug-likeness (QED) is 0.866. The molecule has 114 valence electrons. The van der Waals surface area contributed by atoms with E-state index in [1.54, 1.807) is 6.92 Å². The van der Waals surface area contributed by atoms with Crippen LogP contribution in [0.15, 0.2) is 30.3 Å². The maximum atomic E-state index is 11.9. The lowest BCUT2D eigenvalue weighted by Crippen LogP contribution is -2.65. The summed E-state index contributed by atoms with van der Waals surface area (Å²) >= 11 is 0. The standard InChI is InChI=1S/C15H19NO5/c1-2-21-15(8-13(17)18)10-16(11-15)14(19)20-9-12-6-4-3-5-7-12/h3-7H,2,8-11H2,1H3,(H,17,18). The van der Waals surface area contributed by atoms with E-state index >= 15 is 0 Å². The van der Waals surface area contributed by atoms with E-state index < -0.39 is 17.7 Å². The number of benzene rings is 1. The lowest BCUT2D eigenvalue weighted by atomic mass is 9.90. The van der Waals surface area contributed by atoms with Crippen molar-refractivity contribution in [3.05, 3.63) is 35.9 Å². The molecule has 0 atom stereocenters. The molecule has 1 N–H and O–H groups in total. The summed E-state index contributed by atoms with van der Waals surface area (Å²) in [6, 6.07) is 9.39. The van der Waals surface area contributed by atoms with E-state index in [1.165, 1.54) is 4.90 Å². The zero-order valence-corrected chi connectivity index (χ0v) is 11.9. The number of carbonyl (C=O) groups is 2. The van der Waals surface area contributed by atoms with Crippen LogP contribution in [0.4, 0.5) is 4.79 Å². The second kappa shape index (κ2) is 6.58. The largest absolute Gasteiger partial charge is 0.481 e. The van der Waals surface area contributed by atoms with E-state index in [2.05, 4.69) is 0 Å². The second-order valence-corrected chi connectivity index (χ2v) is 5.08. The third-order valence-electron chi connectivity index (χ3n) is 3.35. The van der Waals surface area contributed by atoms with Gasteiger partial charge in [-0.3, -0.25) is 4.79 Å². The minimum Gasteiger partial charge on any atom is -0.481 e. The maximum absolute atomic E-state index is 11.9. The molecule has 1 aliphatic heterocycles. The first-order chi connectivity index (χ1) is 10.0. The van der Waals surface area contributed by atoms with Crippen LogP contribution in [0, 0.1) is 0 Å². The van der Waals surface area contributed by atoms with Gasteiger partial charge < -0.3 is 19.5 Å². The highest BCUT2D eigenvalue weighted by Crippen LogP contribution is 2.29. The summed E-state index contributed by atoms with van der Waals surface area (Å²) < 4.78 is 10.7. The molecule has 21 heavy (non-hydrogen) atoms. The average Bonchev–Trinajstić information content (AvgIpc) is 2.42. The molecule has 0 spiro atoms. The Morgan fingerprint density at radius 2 is 1.95 bits per heavy atom. The van der Waals surface area contributed by atoms with Crippen molar-refractivity contribution in [3.63, 3.8) is 0 Å². The Morgan fingerprint density at radius 3 is 2.52 bits per heavy atom. The molecule has 1 fully saturated rings. The molecular formula is C15H19NO5. The molecular weight excluding hydrogens is 274 g/mol. The van der Waals surface area contributed by atoms with Crippen molar-refractivity contribution in [2.45, 2.75) is 25.6 Å². The smallest absolute Gasteiger partial charge is 0.410 e. The van der Waals surface area contributed by atoms with Crippen LogP contribution < -0.4 is 0 Å². The third kappa shape index (κ3) is 3.95. The molecule has 0 unspecified atom stereocenters. The van der Waals surface area contributed by atoms with Crippen LogP contribution in [-0.4, -0.2) is 47.4 Å². The Labute approximate surface area is 123 Å². The fourth-order valence-electron chi connectivity index (χ4n) is 2.42. The molecule has 0 aliphatic carbocycles. The zero-order valence-electron chi connectivity index (χ0n) is 11.9. The van der Waals surface area contributed by atoms with Gasteiger partial charge in [-0.2, -0.15) is 0 Å². The lowest BCUT2D eigenvalue weighted by molar-refractivity contribution is -0.163. The molecule has 1 saturated heterocycles. The van der Waals surface area contributed by atoms with Crippen molar-refractivity contribution in [1.29, 1.82) is 0 Å². The molecule has 1 heterocycles.